The van der Waals surface area contributed by atoms with Gasteiger partial charge in [-0.3, -0.25) is 13.9 Å². The molecule has 0 unspecified atom stereocenters. The molecule has 0 bridgehead atoms. The largest absolute Gasteiger partial charge is 0.332 e. The Bertz CT molecular complexity index is 766. The Morgan fingerprint density at radius 2 is 1.86 bits per heavy atom. The fourth-order valence-corrected chi connectivity index (χ4v) is 2.48. The summed E-state index contributed by atoms with van der Waals surface area (Å²) >= 11 is 0. The lowest BCUT2D eigenvalue weighted by atomic mass is 10.1. The molecule has 0 aromatic carbocycles. The zero-order valence-electron chi connectivity index (χ0n) is 13.1. The summed E-state index contributed by atoms with van der Waals surface area (Å²) in [5, 5.41) is 0. The van der Waals surface area contributed by atoms with Gasteiger partial charge in [-0.25, -0.2) is 9.78 Å². The van der Waals surface area contributed by atoms with Gasteiger partial charge in [-0.1, -0.05) is 13.8 Å². The van der Waals surface area contributed by atoms with Crippen LogP contribution >= 0.6 is 0 Å². The van der Waals surface area contributed by atoms with Crippen LogP contribution in [0.2, 0.25) is 0 Å². The molecule has 0 spiro atoms. The summed E-state index contributed by atoms with van der Waals surface area (Å²) in [4.78, 5) is 29.3. The molecule has 7 heteroatoms. The van der Waals surface area contributed by atoms with Crippen LogP contribution in [0.4, 0.5) is 0 Å². The number of hydrogen-bond donors (Lipinski definition) is 1. The highest BCUT2D eigenvalue weighted by atomic mass is 16.2. The average Bonchev–Trinajstić information content (AvgIpc) is 2.73. The number of nitrogens with zero attached hydrogens (tertiary/aromatic N) is 4. The van der Waals surface area contributed by atoms with Crippen LogP contribution < -0.4 is 17.0 Å². The second-order valence-corrected chi connectivity index (χ2v) is 5.80. The standard InChI is InChI=1S/C14H23N5O2/c1-9(2)8-10-16-12-11(17(10)3)13(20)19(7-5-6-15)14(21)18(12)4/h9H,5-8,15H2,1-4H3. The Hall–Kier alpha value is -1.89. The number of nitrogens with two attached hydrogens (primary N) is 1. The van der Waals surface area contributed by atoms with Crippen molar-refractivity contribution in [3.8, 4) is 0 Å². The Kier molecular flexibility index (Phi) is 4.32. The van der Waals surface area contributed by atoms with Gasteiger partial charge in [0.05, 0.1) is 0 Å². The van der Waals surface area contributed by atoms with Gasteiger partial charge in [0.25, 0.3) is 5.56 Å². The summed E-state index contributed by atoms with van der Waals surface area (Å²) in [6.07, 6.45) is 1.36. The van der Waals surface area contributed by atoms with Crippen molar-refractivity contribution in [2.45, 2.75) is 33.2 Å². The van der Waals surface area contributed by atoms with Gasteiger partial charge in [0, 0.05) is 27.1 Å². The molecular formula is C14H23N5O2. The van der Waals surface area contributed by atoms with Gasteiger partial charge < -0.3 is 10.3 Å². The second-order valence-electron chi connectivity index (χ2n) is 5.80. The maximum absolute atomic E-state index is 12.6. The molecule has 2 N–H and O–H groups in total. The molecule has 0 atom stereocenters. The summed E-state index contributed by atoms with van der Waals surface area (Å²) in [5.41, 5.74) is 5.78. The Morgan fingerprint density at radius 1 is 1.19 bits per heavy atom. The molecule has 0 radical (unpaired) electrons. The molecule has 0 saturated carbocycles. The van der Waals surface area contributed by atoms with Crippen molar-refractivity contribution in [3.63, 3.8) is 0 Å². The highest BCUT2D eigenvalue weighted by molar-refractivity contribution is 5.70. The van der Waals surface area contributed by atoms with Crippen LogP contribution in [0.15, 0.2) is 9.59 Å². The number of aromatic nitrogens is 4. The van der Waals surface area contributed by atoms with Crippen LogP contribution in [0.1, 0.15) is 26.1 Å². The van der Waals surface area contributed by atoms with Crippen LogP contribution in [0, 0.1) is 5.92 Å². The monoisotopic (exact) mass is 293 g/mol. The first-order chi connectivity index (χ1) is 9.88. The van der Waals surface area contributed by atoms with Gasteiger partial charge in [0.15, 0.2) is 11.2 Å². The fourth-order valence-electron chi connectivity index (χ4n) is 2.48. The van der Waals surface area contributed by atoms with E-state index in [2.05, 4.69) is 18.8 Å². The van der Waals surface area contributed by atoms with Gasteiger partial charge in [-0.15, -0.1) is 0 Å². The van der Waals surface area contributed by atoms with Crippen molar-refractivity contribution >= 4 is 11.2 Å². The summed E-state index contributed by atoms with van der Waals surface area (Å²) < 4.78 is 4.49. The molecule has 0 amide bonds. The number of aryl methyl sites for hydroxylation is 2. The van der Waals surface area contributed by atoms with E-state index in [0.717, 1.165) is 12.2 Å². The van der Waals surface area contributed by atoms with Gasteiger partial charge in [-0.2, -0.15) is 0 Å². The van der Waals surface area contributed by atoms with Crippen molar-refractivity contribution in [1.29, 1.82) is 0 Å². The van der Waals surface area contributed by atoms with Crippen molar-refractivity contribution in [3.05, 3.63) is 26.7 Å². The van der Waals surface area contributed by atoms with E-state index < -0.39 is 0 Å². The molecule has 116 valence electrons. The van der Waals surface area contributed by atoms with E-state index in [0.29, 0.717) is 36.6 Å². The maximum atomic E-state index is 12.6. The highest BCUT2D eigenvalue weighted by Gasteiger charge is 2.18. The minimum Gasteiger partial charge on any atom is -0.330 e. The third-order valence-electron chi connectivity index (χ3n) is 3.63. The molecule has 2 aromatic rings. The number of rotatable bonds is 5. The van der Waals surface area contributed by atoms with Gasteiger partial charge >= 0.3 is 5.69 Å². The maximum Gasteiger partial charge on any atom is 0.332 e. The zero-order valence-corrected chi connectivity index (χ0v) is 13.1. The normalized spacial score (nSPS) is 11.7. The molecule has 2 aromatic heterocycles. The van der Waals surface area contributed by atoms with E-state index >= 15 is 0 Å². The predicted molar refractivity (Wildman–Crippen MR) is 82.4 cm³/mol. The lowest BCUT2D eigenvalue weighted by Crippen LogP contribution is -2.40. The van der Waals surface area contributed by atoms with Gasteiger partial charge in [0.2, 0.25) is 0 Å². The van der Waals surface area contributed by atoms with Crippen LogP contribution in [-0.4, -0.2) is 25.2 Å². The SMILES string of the molecule is CC(C)Cc1nc2c(c(=O)n(CCCN)c(=O)n2C)n1C. The van der Waals surface area contributed by atoms with Gasteiger partial charge in [-0.05, 0) is 18.9 Å². The molecule has 0 saturated heterocycles. The number of imidazole rings is 1. The summed E-state index contributed by atoms with van der Waals surface area (Å²) in [7, 11) is 3.47. The van der Waals surface area contributed by atoms with Crippen LogP contribution in [0.5, 0.6) is 0 Å². The van der Waals surface area contributed by atoms with E-state index in [1.54, 1.807) is 11.6 Å². The van der Waals surface area contributed by atoms with Crippen molar-refractivity contribution in [2.24, 2.45) is 25.7 Å². The number of hydrogen-bond acceptors (Lipinski definition) is 4. The Labute approximate surface area is 123 Å². The predicted octanol–water partition coefficient (Wildman–Crippen LogP) is -0.0190. The van der Waals surface area contributed by atoms with E-state index in [-0.39, 0.29) is 11.2 Å². The molecular weight excluding hydrogens is 270 g/mol. The lowest BCUT2D eigenvalue weighted by Gasteiger charge is -2.08. The molecule has 2 heterocycles. The van der Waals surface area contributed by atoms with E-state index in [1.807, 2.05) is 7.05 Å². The minimum absolute atomic E-state index is 0.286. The smallest absolute Gasteiger partial charge is 0.330 e. The van der Waals surface area contributed by atoms with E-state index in [9.17, 15) is 9.59 Å². The lowest BCUT2D eigenvalue weighted by molar-refractivity contribution is 0.576. The van der Waals surface area contributed by atoms with Crippen molar-refractivity contribution < 1.29 is 0 Å². The van der Waals surface area contributed by atoms with Crippen LogP contribution in [0.25, 0.3) is 11.2 Å². The van der Waals surface area contributed by atoms with E-state index in [1.165, 1.54) is 9.13 Å². The second kappa shape index (κ2) is 5.85. The first-order valence-electron chi connectivity index (χ1n) is 7.23. The molecule has 0 fully saturated rings. The average molecular weight is 293 g/mol. The first kappa shape index (κ1) is 15.5. The minimum atomic E-state index is -0.338. The third kappa shape index (κ3) is 2.65. The van der Waals surface area contributed by atoms with E-state index in [4.69, 9.17) is 5.73 Å². The first-order valence-corrected chi connectivity index (χ1v) is 7.23. The molecule has 0 aliphatic carbocycles. The van der Waals surface area contributed by atoms with Crippen molar-refractivity contribution in [1.82, 2.24) is 18.7 Å². The Morgan fingerprint density at radius 3 is 2.43 bits per heavy atom. The molecule has 0 aliphatic heterocycles. The van der Waals surface area contributed by atoms with Crippen molar-refractivity contribution in [2.75, 3.05) is 6.54 Å². The Balaban J connectivity index is 2.73. The highest BCUT2D eigenvalue weighted by Crippen LogP contribution is 2.12. The zero-order chi connectivity index (χ0) is 15.7. The molecule has 0 aliphatic rings. The molecule has 2 rings (SSSR count). The van der Waals surface area contributed by atoms with Crippen LogP contribution in [0.3, 0.4) is 0 Å². The summed E-state index contributed by atoms with van der Waals surface area (Å²) in [6, 6.07) is 0. The van der Waals surface area contributed by atoms with Gasteiger partial charge in [0.1, 0.15) is 5.82 Å². The molecule has 7 nitrogen and oxygen atoms in total. The fraction of sp³-hybridized carbons (Fsp3) is 0.643. The quantitative estimate of drug-likeness (QED) is 0.839. The summed E-state index contributed by atoms with van der Waals surface area (Å²) in [5.74, 6) is 1.25. The molecule has 21 heavy (non-hydrogen) atoms. The summed E-state index contributed by atoms with van der Waals surface area (Å²) in [6.45, 7) is 4.97. The third-order valence-corrected chi connectivity index (χ3v) is 3.63. The van der Waals surface area contributed by atoms with Crippen LogP contribution in [-0.2, 0) is 27.1 Å². The topological polar surface area (TPSA) is 87.8 Å². The number of fused-ring (bicyclic) bond motifs is 1.